The summed E-state index contributed by atoms with van der Waals surface area (Å²) in [6.45, 7) is 3.97. The molecule has 4 rings (SSSR count). The first-order valence-corrected chi connectivity index (χ1v) is 9.82. The van der Waals surface area contributed by atoms with Crippen molar-refractivity contribution in [2.75, 3.05) is 5.32 Å². The van der Waals surface area contributed by atoms with Crippen molar-refractivity contribution >= 4 is 28.2 Å². The third-order valence-electron chi connectivity index (χ3n) is 4.76. The summed E-state index contributed by atoms with van der Waals surface area (Å²) >= 11 is 1.28. The number of anilines is 1. The van der Waals surface area contributed by atoms with Crippen LogP contribution in [0.4, 0.5) is 5.13 Å². The number of fused-ring (bicyclic) bond motifs is 1. The Morgan fingerprint density at radius 3 is 2.68 bits per heavy atom. The molecular formula is C21H19N3O3S. The number of pyridine rings is 1. The molecule has 1 aliphatic rings. The largest absolute Gasteiger partial charge is 0.325 e. The molecule has 142 valence electrons. The molecule has 7 heteroatoms. The van der Waals surface area contributed by atoms with Gasteiger partial charge in [-0.25, -0.2) is 4.98 Å². The van der Waals surface area contributed by atoms with E-state index in [2.05, 4.69) is 15.3 Å². The van der Waals surface area contributed by atoms with Gasteiger partial charge in [0.15, 0.2) is 10.9 Å². The summed E-state index contributed by atoms with van der Waals surface area (Å²) in [5.41, 5.74) is 1.93. The number of benzene rings is 1. The highest BCUT2D eigenvalue weighted by atomic mass is 32.1. The summed E-state index contributed by atoms with van der Waals surface area (Å²) in [5.74, 6) is -0.632. The Hall–Kier alpha value is -3.06. The predicted octanol–water partition coefficient (Wildman–Crippen LogP) is 3.91. The molecule has 0 saturated carbocycles. The Morgan fingerprint density at radius 1 is 1.18 bits per heavy atom. The van der Waals surface area contributed by atoms with Crippen molar-refractivity contribution in [3.63, 3.8) is 0 Å². The van der Waals surface area contributed by atoms with Gasteiger partial charge in [-0.2, -0.15) is 0 Å². The fourth-order valence-corrected chi connectivity index (χ4v) is 4.15. The molecule has 1 aliphatic carbocycles. The maximum absolute atomic E-state index is 12.6. The van der Waals surface area contributed by atoms with E-state index in [1.54, 1.807) is 0 Å². The quantitative estimate of drug-likeness (QED) is 0.706. The van der Waals surface area contributed by atoms with E-state index >= 15 is 0 Å². The van der Waals surface area contributed by atoms with Crippen LogP contribution in [0.2, 0.25) is 0 Å². The smallest absolute Gasteiger partial charge is 0.263 e. The van der Waals surface area contributed by atoms with Gasteiger partial charge in [-0.05, 0) is 17.9 Å². The Bertz CT molecular complexity index is 1130. The van der Waals surface area contributed by atoms with Crippen molar-refractivity contribution in [2.45, 2.75) is 26.7 Å². The first-order valence-electron chi connectivity index (χ1n) is 8.94. The van der Waals surface area contributed by atoms with E-state index in [1.165, 1.54) is 17.4 Å². The maximum Gasteiger partial charge on any atom is 0.263 e. The SMILES string of the molecule is CC1(C)CC(=O)c2cc(C(=O)Nc3nc(-c4ccccc4)cs3)c(=O)[nH]c2C1. The number of Topliss-reactive ketones (excluding diaryl/α,β-unsaturated/α-hetero) is 1. The monoisotopic (exact) mass is 393 g/mol. The molecule has 2 aromatic heterocycles. The van der Waals surface area contributed by atoms with Crippen molar-refractivity contribution < 1.29 is 9.59 Å². The predicted molar refractivity (Wildman–Crippen MR) is 109 cm³/mol. The Balaban J connectivity index is 1.60. The zero-order chi connectivity index (χ0) is 19.9. The first kappa shape index (κ1) is 18.3. The van der Waals surface area contributed by atoms with Crippen LogP contribution in [0, 0.1) is 5.41 Å². The normalized spacial score (nSPS) is 15.1. The highest BCUT2D eigenvalue weighted by Crippen LogP contribution is 2.33. The highest BCUT2D eigenvalue weighted by Gasteiger charge is 2.32. The third kappa shape index (κ3) is 3.53. The summed E-state index contributed by atoms with van der Waals surface area (Å²) in [6, 6.07) is 11.0. The third-order valence-corrected chi connectivity index (χ3v) is 5.51. The van der Waals surface area contributed by atoms with E-state index in [9.17, 15) is 14.4 Å². The zero-order valence-corrected chi connectivity index (χ0v) is 16.4. The minimum Gasteiger partial charge on any atom is -0.325 e. The van der Waals surface area contributed by atoms with Gasteiger partial charge in [0.2, 0.25) is 0 Å². The molecule has 2 N–H and O–H groups in total. The lowest BCUT2D eigenvalue weighted by molar-refractivity contribution is 0.0910. The number of thiazole rings is 1. The van der Waals surface area contributed by atoms with Gasteiger partial charge >= 0.3 is 0 Å². The van der Waals surface area contributed by atoms with E-state index in [0.717, 1.165) is 11.3 Å². The number of nitrogens with zero attached hydrogens (tertiary/aromatic N) is 1. The molecule has 1 amide bonds. The van der Waals surface area contributed by atoms with Crippen LogP contribution in [0.3, 0.4) is 0 Å². The van der Waals surface area contributed by atoms with Crippen LogP contribution in [-0.4, -0.2) is 21.7 Å². The van der Waals surface area contributed by atoms with Gasteiger partial charge in [-0.15, -0.1) is 11.3 Å². The molecule has 0 radical (unpaired) electrons. The van der Waals surface area contributed by atoms with Gasteiger partial charge in [-0.3, -0.25) is 19.7 Å². The van der Waals surface area contributed by atoms with Crippen LogP contribution in [0.5, 0.6) is 0 Å². The number of aromatic amines is 1. The fraction of sp³-hybridized carbons (Fsp3) is 0.238. The minimum atomic E-state index is -0.573. The molecule has 0 aliphatic heterocycles. The van der Waals surface area contributed by atoms with Gasteiger partial charge in [0, 0.05) is 28.6 Å². The number of carbonyl (C=O) groups is 2. The number of hydrogen-bond acceptors (Lipinski definition) is 5. The number of amides is 1. The summed E-state index contributed by atoms with van der Waals surface area (Å²) in [5, 5.41) is 4.90. The molecule has 28 heavy (non-hydrogen) atoms. The van der Waals surface area contributed by atoms with E-state index in [0.29, 0.717) is 29.2 Å². The van der Waals surface area contributed by atoms with Crippen molar-refractivity contribution in [2.24, 2.45) is 5.41 Å². The average molecular weight is 393 g/mol. The van der Waals surface area contributed by atoms with E-state index < -0.39 is 11.5 Å². The van der Waals surface area contributed by atoms with Crippen LogP contribution in [-0.2, 0) is 6.42 Å². The summed E-state index contributed by atoms with van der Waals surface area (Å²) in [7, 11) is 0. The van der Waals surface area contributed by atoms with Crippen LogP contribution >= 0.6 is 11.3 Å². The van der Waals surface area contributed by atoms with E-state index in [4.69, 9.17) is 0 Å². The first-order chi connectivity index (χ1) is 13.3. The molecule has 6 nitrogen and oxygen atoms in total. The second kappa shape index (κ2) is 6.83. The molecule has 2 heterocycles. The highest BCUT2D eigenvalue weighted by molar-refractivity contribution is 7.14. The maximum atomic E-state index is 12.6. The van der Waals surface area contributed by atoms with E-state index in [-0.39, 0.29) is 16.8 Å². The van der Waals surface area contributed by atoms with Crippen LogP contribution < -0.4 is 10.9 Å². The molecule has 0 atom stereocenters. The van der Waals surface area contributed by atoms with E-state index in [1.807, 2.05) is 49.6 Å². The van der Waals surface area contributed by atoms with Gasteiger partial charge in [0.05, 0.1) is 5.69 Å². The number of H-pyrrole nitrogens is 1. The molecule has 0 saturated heterocycles. The van der Waals surface area contributed by atoms with Gasteiger partial charge in [0.1, 0.15) is 5.56 Å². The molecule has 0 unspecified atom stereocenters. The van der Waals surface area contributed by atoms with Crippen LogP contribution in [0.1, 0.15) is 46.7 Å². The zero-order valence-electron chi connectivity index (χ0n) is 15.5. The fourth-order valence-electron chi connectivity index (χ4n) is 3.43. The lowest BCUT2D eigenvalue weighted by atomic mass is 9.75. The second-order valence-electron chi connectivity index (χ2n) is 7.70. The topological polar surface area (TPSA) is 91.9 Å². The lowest BCUT2D eigenvalue weighted by Gasteiger charge is -2.29. The van der Waals surface area contributed by atoms with Crippen molar-refractivity contribution in [3.05, 3.63) is 69.0 Å². The molecule has 3 aromatic rings. The molecule has 0 fully saturated rings. The summed E-state index contributed by atoms with van der Waals surface area (Å²) < 4.78 is 0. The standard InChI is InChI=1S/C21H19N3O3S/c1-21(2)9-15-13(17(25)10-21)8-14(18(26)22-15)19(27)24-20-23-16(11-28-20)12-6-4-3-5-7-12/h3-8,11H,9-10H2,1-2H3,(H,22,26)(H,23,24,27). The second-order valence-corrected chi connectivity index (χ2v) is 8.56. The van der Waals surface area contributed by atoms with Gasteiger partial charge in [-0.1, -0.05) is 44.2 Å². The van der Waals surface area contributed by atoms with Crippen LogP contribution in [0.25, 0.3) is 11.3 Å². The Kier molecular flexibility index (Phi) is 4.47. The number of aromatic nitrogens is 2. The Morgan fingerprint density at radius 2 is 1.93 bits per heavy atom. The number of ketones is 1. The van der Waals surface area contributed by atoms with Crippen molar-refractivity contribution in [1.29, 1.82) is 0 Å². The Labute approximate surface area is 165 Å². The summed E-state index contributed by atoms with van der Waals surface area (Å²) in [4.78, 5) is 44.6. The number of rotatable bonds is 3. The number of carbonyl (C=O) groups excluding carboxylic acids is 2. The van der Waals surface area contributed by atoms with Crippen LogP contribution in [0.15, 0.2) is 46.6 Å². The summed E-state index contributed by atoms with van der Waals surface area (Å²) in [6.07, 6.45) is 0.984. The van der Waals surface area contributed by atoms with Gasteiger partial charge in [0.25, 0.3) is 11.5 Å². The molecule has 0 spiro atoms. The average Bonchev–Trinajstić information content (AvgIpc) is 3.09. The minimum absolute atomic E-state index is 0.0582. The molecule has 0 bridgehead atoms. The van der Waals surface area contributed by atoms with Crippen molar-refractivity contribution in [3.8, 4) is 11.3 Å². The van der Waals surface area contributed by atoms with Crippen molar-refractivity contribution in [1.82, 2.24) is 9.97 Å². The molecule has 1 aromatic carbocycles. The number of nitrogens with one attached hydrogen (secondary N) is 2. The lowest BCUT2D eigenvalue weighted by Crippen LogP contribution is -2.32. The van der Waals surface area contributed by atoms with Gasteiger partial charge < -0.3 is 4.98 Å². The molecular weight excluding hydrogens is 374 g/mol. The number of hydrogen-bond donors (Lipinski definition) is 2.